The SMILES string of the molecule is CC(SC1COC(C=CC=Cc2ccc(C#N)cc2F)OC1)C(Cn1cncn1)(OC(=O)OCOC(=O)C=CC(=O)N1CCC(N2CCC2)CC1)c1ccc(F)cc1F. The molecule has 0 saturated carbocycles. The molecule has 2 aromatic carbocycles. The van der Waals surface area contributed by atoms with E-state index in [1.54, 1.807) is 30.1 Å². The molecule has 0 N–H and O–H groups in total. The van der Waals surface area contributed by atoms with Gasteiger partial charge in [0.1, 0.15) is 30.1 Å². The number of hydrogen-bond acceptors (Lipinski definition) is 13. The summed E-state index contributed by atoms with van der Waals surface area (Å²) in [6.07, 6.45) is 11.9. The Morgan fingerprint density at radius 1 is 1.02 bits per heavy atom. The van der Waals surface area contributed by atoms with Crippen LogP contribution in [-0.2, 0) is 45.4 Å². The molecule has 2 unspecified atom stereocenters. The number of likely N-dealkylation sites (tertiary alicyclic amines) is 2. The Morgan fingerprint density at radius 2 is 1.80 bits per heavy atom. The predicted molar refractivity (Wildman–Crippen MR) is 207 cm³/mol. The molecule has 18 heteroatoms. The molecule has 2 atom stereocenters. The fraction of sp³-hybridized carbons (Fsp3) is 0.415. The van der Waals surface area contributed by atoms with E-state index in [1.165, 1.54) is 53.7 Å². The second kappa shape index (κ2) is 20.5. The van der Waals surface area contributed by atoms with Gasteiger partial charge in [-0.15, -0.1) is 11.8 Å². The van der Waals surface area contributed by atoms with Crippen molar-refractivity contribution in [3.8, 4) is 6.07 Å². The molecule has 3 fully saturated rings. The van der Waals surface area contributed by atoms with Crippen molar-refractivity contribution in [2.75, 3.05) is 46.2 Å². The summed E-state index contributed by atoms with van der Waals surface area (Å²) in [7, 11) is 0. The third kappa shape index (κ3) is 11.6. The number of allylic oxidation sites excluding steroid dienone is 2. The van der Waals surface area contributed by atoms with Crippen molar-refractivity contribution in [1.82, 2.24) is 24.6 Å². The smallest absolute Gasteiger partial charge is 0.425 e. The fourth-order valence-corrected chi connectivity index (χ4v) is 8.25. The van der Waals surface area contributed by atoms with Gasteiger partial charge in [0.25, 0.3) is 0 Å². The molecule has 3 aliphatic heterocycles. The molecule has 6 rings (SSSR count). The van der Waals surface area contributed by atoms with Gasteiger partial charge >= 0.3 is 12.1 Å². The van der Waals surface area contributed by atoms with Gasteiger partial charge in [-0.2, -0.15) is 10.4 Å². The number of esters is 1. The Morgan fingerprint density at radius 3 is 2.46 bits per heavy atom. The van der Waals surface area contributed by atoms with Gasteiger partial charge in [0.15, 0.2) is 11.9 Å². The maximum absolute atomic E-state index is 15.7. The van der Waals surface area contributed by atoms with Gasteiger partial charge in [-0.05, 0) is 69.6 Å². The summed E-state index contributed by atoms with van der Waals surface area (Å²) < 4.78 is 73.2. The van der Waals surface area contributed by atoms with E-state index in [0.717, 1.165) is 56.3 Å². The summed E-state index contributed by atoms with van der Waals surface area (Å²) >= 11 is 1.25. The van der Waals surface area contributed by atoms with Crippen molar-refractivity contribution in [1.29, 1.82) is 5.26 Å². The molecule has 59 heavy (non-hydrogen) atoms. The molecular formula is C41H43F3N6O8S. The lowest BCUT2D eigenvalue weighted by Gasteiger charge is -2.42. The highest BCUT2D eigenvalue weighted by Gasteiger charge is 2.47. The quantitative estimate of drug-likeness (QED) is 0.0819. The second-order valence-corrected chi connectivity index (χ2v) is 15.6. The third-order valence-electron chi connectivity index (χ3n) is 10.2. The number of benzene rings is 2. The summed E-state index contributed by atoms with van der Waals surface area (Å²) in [6, 6.07) is 9.36. The molecule has 1 amide bonds. The first kappa shape index (κ1) is 43.1. The van der Waals surface area contributed by atoms with Crippen LogP contribution < -0.4 is 0 Å². The standard InChI is InChI=1S/C41H43F3N6O8S/c1-28(59-33-22-54-39(55-23-33)6-3-2-5-30-8-7-29(21-45)19-35(30)43)41(24-50-26-46-25-47-50,34-10-9-31(42)20-36(34)44)58-40(53)57-27-56-38(52)12-11-37(51)49-17-13-32(14-18-49)48-15-4-16-48/h2-3,5-12,19-20,25-26,28,32-33,39H,4,13-18,22-24,27H2,1H3. The van der Waals surface area contributed by atoms with E-state index in [1.807, 2.05) is 6.07 Å². The summed E-state index contributed by atoms with van der Waals surface area (Å²) in [5, 5.41) is 11.9. The van der Waals surface area contributed by atoms with Crippen LogP contribution in [0.1, 0.15) is 42.9 Å². The molecule has 3 aliphatic rings. The number of halogens is 3. The predicted octanol–water partition coefficient (Wildman–Crippen LogP) is 5.50. The van der Waals surface area contributed by atoms with Crippen LogP contribution in [0.25, 0.3) is 6.08 Å². The van der Waals surface area contributed by atoms with Crippen molar-refractivity contribution in [2.24, 2.45) is 0 Å². The van der Waals surface area contributed by atoms with E-state index in [0.29, 0.717) is 30.8 Å². The molecule has 312 valence electrons. The minimum absolute atomic E-state index is 0.163. The molecule has 4 heterocycles. The van der Waals surface area contributed by atoms with Crippen molar-refractivity contribution in [3.63, 3.8) is 0 Å². The topological polar surface area (TPSA) is 158 Å². The highest BCUT2D eigenvalue weighted by atomic mass is 32.2. The number of thioether (sulfide) groups is 1. The van der Waals surface area contributed by atoms with Crippen molar-refractivity contribution >= 4 is 35.9 Å². The zero-order valence-electron chi connectivity index (χ0n) is 32.2. The number of amides is 1. The summed E-state index contributed by atoms with van der Waals surface area (Å²) in [6.45, 7) is 4.17. The monoisotopic (exact) mass is 836 g/mol. The summed E-state index contributed by atoms with van der Waals surface area (Å²) in [5.74, 6) is -3.67. The summed E-state index contributed by atoms with van der Waals surface area (Å²) in [4.78, 5) is 46.5. The number of nitriles is 1. The van der Waals surface area contributed by atoms with Gasteiger partial charge in [0.05, 0.1) is 36.6 Å². The van der Waals surface area contributed by atoms with E-state index in [4.69, 9.17) is 28.9 Å². The third-order valence-corrected chi connectivity index (χ3v) is 11.6. The van der Waals surface area contributed by atoms with E-state index in [-0.39, 0.29) is 42.0 Å². The molecule has 14 nitrogen and oxygen atoms in total. The molecule has 0 spiro atoms. The number of nitrogens with zero attached hydrogens (tertiary/aromatic N) is 6. The number of carbonyl (C=O) groups excluding carboxylic acids is 3. The first-order chi connectivity index (χ1) is 28.5. The normalized spacial score (nSPS) is 20.6. The van der Waals surface area contributed by atoms with Crippen LogP contribution in [-0.4, -0.2) is 112 Å². The van der Waals surface area contributed by atoms with E-state index >= 15 is 4.39 Å². The minimum atomic E-state index is -1.91. The molecule has 0 bridgehead atoms. The fourth-order valence-electron chi connectivity index (χ4n) is 6.89. The van der Waals surface area contributed by atoms with Gasteiger partial charge in [-0.25, -0.2) is 32.4 Å². The zero-order valence-corrected chi connectivity index (χ0v) is 33.0. The van der Waals surface area contributed by atoms with Gasteiger partial charge in [0, 0.05) is 53.7 Å². The first-order valence-electron chi connectivity index (χ1n) is 19.0. The maximum atomic E-state index is 15.7. The van der Waals surface area contributed by atoms with E-state index < -0.39 is 53.5 Å². The molecule has 1 aromatic heterocycles. The number of aromatic nitrogens is 3. The molecular weight excluding hydrogens is 794 g/mol. The minimum Gasteiger partial charge on any atom is -0.425 e. The lowest BCUT2D eigenvalue weighted by atomic mass is 9.89. The molecule has 3 aromatic rings. The first-order valence-corrected chi connectivity index (χ1v) is 19.9. The maximum Gasteiger partial charge on any atom is 0.512 e. The van der Waals surface area contributed by atoms with Crippen molar-refractivity contribution in [2.45, 2.75) is 61.2 Å². The summed E-state index contributed by atoms with van der Waals surface area (Å²) in [5.41, 5.74) is -1.59. The lowest BCUT2D eigenvalue weighted by Crippen LogP contribution is -2.51. The van der Waals surface area contributed by atoms with E-state index in [9.17, 15) is 23.2 Å². The van der Waals surface area contributed by atoms with Crippen LogP contribution in [0.15, 0.2) is 79.4 Å². The largest absolute Gasteiger partial charge is 0.512 e. The molecule has 0 aliphatic carbocycles. The Kier molecular flexibility index (Phi) is 15.0. The van der Waals surface area contributed by atoms with Crippen LogP contribution in [0, 0.1) is 28.8 Å². The van der Waals surface area contributed by atoms with Crippen LogP contribution in [0.4, 0.5) is 18.0 Å². The second-order valence-electron chi connectivity index (χ2n) is 14.0. The number of carbonyl (C=O) groups is 3. The van der Waals surface area contributed by atoms with Gasteiger partial charge in [-0.3, -0.25) is 4.79 Å². The number of hydrogen-bond donors (Lipinski definition) is 0. The molecule has 3 saturated heterocycles. The van der Waals surface area contributed by atoms with Gasteiger partial charge in [0.2, 0.25) is 12.7 Å². The van der Waals surface area contributed by atoms with Crippen LogP contribution in [0.3, 0.4) is 0 Å². The Labute approximate surface area is 343 Å². The number of piperidine rings is 1. The van der Waals surface area contributed by atoms with Crippen LogP contribution in [0.5, 0.6) is 0 Å². The Hall–Kier alpha value is -5.48. The average Bonchev–Trinajstić information content (AvgIpc) is 3.72. The van der Waals surface area contributed by atoms with Gasteiger partial charge < -0.3 is 33.5 Å². The Bertz CT molecular complexity index is 2060. The van der Waals surface area contributed by atoms with E-state index in [2.05, 4.69) is 15.0 Å². The average molecular weight is 837 g/mol. The lowest BCUT2D eigenvalue weighted by molar-refractivity contribution is -0.149. The highest BCUT2D eigenvalue weighted by Crippen LogP contribution is 2.42. The zero-order chi connectivity index (χ0) is 41.8. The number of ether oxygens (including phenoxy) is 5. The molecule has 0 radical (unpaired) electrons. The van der Waals surface area contributed by atoms with Crippen LogP contribution >= 0.6 is 11.8 Å². The van der Waals surface area contributed by atoms with Crippen LogP contribution in [0.2, 0.25) is 0 Å². The van der Waals surface area contributed by atoms with Crippen molar-refractivity contribution < 1.29 is 51.2 Å². The highest BCUT2D eigenvalue weighted by molar-refractivity contribution is 8.00. The number of rotatable bonds is 15. The van der Waals surface area contributed by atoms with Gasteiger partial charge in [-0.1, -0.05) is 24.3 Å². The van der Waals surface area contributed by atoms with Crippen molar-refractivity contribution in [3.05, 3.63) is 114 Å². The Balaban J connectivity index is 1.06.